The number of ether oxygens (including phenoxy) is 2. The summed E-state index contributed by atoms with van der Waals surface area (Å²) in [6, 6.07) is 13.6. The number of rotatable bonds is 11. The van der Waals surface area contributed by atoms with Gasteiger partial charge in [-0.15, -0.1) is 0 Å². The lowest BCUT2D eigenvalue weighted by Gasteiger charge is -2.35. The van der Waals surface area contributed by atoms with Crippen molar-refractivity contribution in [2.45, 2.75) is 56.7 Å². The Balaban J connectivity index is 1.55. The van der Waals surface area contributed by atoms with Gasteiger partial charge in [-0.3, -0.25) is 4.79 Å². The second kappa shape index (κ2) is 12.1. The maximum Gasteiger partial charge on any atom is 0.186 e. The first-order valence-electron chi connectivity index (χ1n) is 11.2. The smallest absolute Gasteiger partial charge is 0.186 e. The first kappa shape index (κ1) is 25.1. The fourth-order valence-corrected chi connectivity index (χ4v) is 3.80. The molecular formula is C25H32O8. The number of aliphatic hydroxyl groups excluding tert-OH is 3. The van der Waals surface area contributed by atoms with Gasteiger partial charge < -0.3 is 35.0 Å². The van der Waals surface area contributed by atoms with Crippen LogP contribution in [-0.2, 0) is 27.1 Å². The van der Waals surface area contributed by atoms with Crippen LogP contribution in [-0.4, -0.2) is 69.1 Å². The molecule has 2 aromatic rings. The Bertz CT molecular complexity index is 867. The molecule has 0 bridgehead atoms. The van der Waals surface area contributed by atoms with Gasteiger partial charge in [0.05, 0.1) is 13.2 Å². The maximum atomic E-state index is 12.7. The Morgan fingerprint density at radius 2 is 1.48 bits per heavy atom. The Morgan fingerprint density at radius 3 is 2.09 bits per heavy atom. The molecule has 0 radical (unpaired) electrons. The quantitative estimate of drug-likeness (QED) is 0.342. The van der Waals surface area contributed by atoms with E-state index < -0.39 is 24.6 Å². The molecule has 5 atom stereocenters. The Labute approximate surface area is 193 Å². The number of hydrogen-bond acceptors (Lipinski definition) is 8. The zero-order chi connectivity index (χ0) is 23.8. The standard InChI is InChI=1S/C25H32O8/c26-19-8-3-16(4-9-19)1-2-18(14-32-25-24(31)23(30)22(29)15-33-25)13-21(28)12-7-17-5-10-20(27)11-6-17/h3-6,8-11,18,22-27,29-31H,1-2,7,12-15H2. The zero-order valence-corrected chi connectivity index (χ0v) is 18.4. The highest BCUT2D eigenvalue weighted by molar-refractivity contribution is 5.78. The predicted molar refractivity (Wildman–Crippen MR) is 120 cm³/mol. The van der Waals surface area contributed by atoms with Gasteiger partial charge in [0.1, 0.15) is 35.6 Å². The Morgan fingerprint density at radius 1 is 0.909 bits per heavy atom. The fraction of sp³-hybridized carbons (Fsp3) is 0.480. The topological polar surface area (TPSA) is 137 Å². The van der Waals surface area contributed by atoms with Gasteiger partial charge in [-0.2, -0.15) is 0 Å². The first-order valence-corrected chi connectivity index (χ1v) is 11.2. The highest BCUT2D eigenvalue weighted by Crippen LogP contribution is 2.22. The molecule has 1 fully saturated rings. The molecule has 0 aliphatic carbocycles. The molecule has 1 heterocycles. The first-order chi connectivity index (χ1) is 15.8. The molecule has 0 aromatic heterocycles. The number of carbonyl (C=O) groups excluding carboxylic acids is 1. The van der Waals surface area contributed by atoms with Gasteiger partial charge in [-0.1, -0.05) is 24.3 Å². The summed E-state index contributed by atoms with van der Waals surface area (Å²) < 4.78 is 11.0. The number of carbonyl (C=O) groups is 1. The van der Waals surface area contributed by atoms with Crippen molar-refractivity contribution in [3.05, 3.63) is 59.7 Å². The summed E-state index contributed by atoms with van der Waals surface area (Å²) in [5.41, 5.74) is 1.98. The van der Waals surface area contributed by atoms with E-state index in [2.05, 4.69) is 0 Å². The summed E-state index contributed by atoms with van der Waals surface area (Å²) in [5, 5.41) is 48.4. The third kappa shape index (κ3) is 7.80. The number of phenols is 2. The second-order valence-corrected chi connectivity index (χ2v) is 8.56. The van der Waals surface area contributed by atoms with E-state index in [1.807, 2.05) is 12.1 Å². The SMILES string of the molecule is O=C(CCc1ccc(O)cc1)CC(CCc1ccc(O)cc1)COC1OCC(O)C(O)C1O. The molecule has 8 heteroatoms. The molecule has 5 unspecified atom stereocenters. The van der Waals surface area contributed by atoms with E-state index in [4.69, 9.17) is 9.47 Å². The van der Waals surface area contributed by atoms with Crippen molar-refractivity contribution in [1.29, 1.82) is 0 Å². The average molecular weight is 461 g/mol. The minimum absolute atomic E-state index is 0.0722. The molecule has 0 saturated carbocycles. The summed E-state index contributed by atoms with van der Waals surface area (Å²) in [6.45, 7) is 0.000202. The van der Waals surface area contributed by atoms with Crippen molar-refractivity contribution in [2.75, 3.05) is 13.2 Å². The van der Waals surface area contributed by atoms with Crippen LogP contribution in [0.15, 0.2) is 48.5 Å². The lowest BCUT2D eigenvalue weighted by Crippen LogP contribution is -2.54. The number of Topliss-reactive ketones (excluding diaryl/α,β-unsaturated/α-hetero) is 1. The van der Waals surface area contributed by atoms with Gasteiger partial charge in [0, 0.05) is 12.8 Å². The number of benzene rings is 2. The molecule has 1 aliphatic rings. The molecule has 5 N–H and O–H groups in total. The summed E-state index contributed by atoms with van der Waals surface area (Å²) in [5.74, 6) is 0.294. The van der Waals surface area contributed by atoms with E-state index in [-0.39, 0.29) is 42.8 Å². The van der Waals surface area contributed by atoms with Crippen molar-refractivity contribution in [3.63, 3.8) is 0 Å². The third-order valence-corrected chi connectivity index (χ3v) is 5.87. The van der Waals surface area contributed by atoms with Gasteiger partial charge in [-0.25, -0.2) is 0 Å². The highest BCUT2D eigenvalue weighted by Gasteiger charge is 2.38. The third-order valence-electron chi connectivity index (χ3n) is 5.87. The van der Waals surface area contributed by atoms with Crippen LogP contribution in [0.1, 0.15) is 30.4 Å². The molecule has 8 nitrogen and oxygen atoms in total. The van der Waals surface area contributed by atoms with Crippen molar-refractivity contribution in [2.24, 2.45) is 5.92 Å². The van der Waals surface area contributed by atoms with E-state index in [1.54, 1.807) is 36.4 Å². The zero-order valence-electron chi connectivity index (χ0n) is 18.4. The van der Waals surface area contributed by atoms with E-state index >= 15 is 0 Å². The highest BCUT2D eigenvalue weighted by atomic mass is 16.7. The van der Waals surface area contributed by atoms with Gasteiger partial charge in [-0.05, 0) is 60.6 Å². The van der Waals surface area contributed by atoms with Crippen LogP contribution < -0.4 is 0 Å². The van der Waals surface area contributed by atoms with E-state index in [0.29, 0.717) is 25.7 Å². The fourth-order valence-electron chi connectivity index (χ4n) is 3.80. The second-order valence-electron chi connectivity index (χ2n) is 8.56. The van der Waals surface area contributed by atoms with Gasteiger partial charge in [0.2, 0.25) is 0 Å². The van der Waals surface area contributed by atoms with Crippen LogP contribution in [0.2, 0.25) is 0 Å². The summed E-state index contributed by atoms with van der Waals surface area (Å²) in [6.07, 6.45) is -2.46. The monoisotopic (exact) mass is 460 g/mol. The van der Waals surface area contributed by atoms with Gasteiger partial charge in [0.15, 0.2) is 6.29 Å². The maximum absolute atomic E-state index is 12.7. The molecule has 3 rings (SSSR count). The average Bonchev–Trinajstić information content (AvgIpc) is 2.81. The lowest BCUT2D eigenvalue weighted by molar-refractivity contribution is -0.272. The molecule has 180 valence electrons. The largest absolute Gasteiger partial charge is 0.508 e. The van der Waals surface area contributed by atoms with Crippen molar-refractivity contribution >= 4 is 5.78 Å². The number of aromatic hydroxyl groups is 2. The summed E-state index contributed by atoms with van der Waals surface area (Å²) in [7, 11) is 0. The molecule has 33 heavy (non-hydrogen) atoms. The van der Waals surface area contributed by atoms with Gasteiger partial charge in [0.25, 0.3) is 0 Å². The van der Waals surface area contributed by atoms with Crippen LogP contribution in [0.4, 0.5) is 0 Å². The van der Waals surface area contributed by atoms with Crippen molar-refractivity contribution in [1.82, 2.24) is 0 Å². The van der Waals surface area contributed by atoms with Crippen LogP contribution >= 0.6 is 0 Å². The molecule has 1 aliphatic heterocycles. The molecule has 0 amide bonds. The number of aliphatic hydroxyl groups is 3. The molecule has 0 spiro atoms. The minimum Gasteiger partial charge on any atom is -0.508 e. The Hall–Kier alpha value is -2.49. The molecule has 1 saturated heterocycles. The van der Waals surface area contributed by atoms with E-state index in [1.165, 1.54) is 0 Å². The lowest BCUT2D eigenvalue weighted by atomic mass is 9.93. The number of ketones is 1. The van der Waals surface area contributed by atoms with E-state index in [0.717, 1.165) is 11.1 Å². The predicted octanol–water partition coefficient (Wildman–Crippen LogP) is 1.69. The number of aryl methyl sites for hydroxylation is 2. The van der Waals surface area contributed by atoms with Crippen LogP contribution in [0.25, 0.3) is 0 Å². The summed E-state index contributed by atoms with van der Waals surface area (Å²) >= 11 is 0. The molecule has 2 aromatic carbocycles. The van der Waals surface area contributed by atoms with Crippen LogP contribution in [0.5, 0.6) is 11.5 Å². The minimum atomic E-state index is -1.38. The molecular weight excluding hydrogens is 428 g/mol. The Kier molecular flexibility index (Phi) is 9.22. The van der Waals surface area contributed by atoms with Gasteiger partial charge >= 0.3 is 0 Å². The van der Waals surface area contributed by atoms with Crippen molar-refractivity contribution in [3.8, 4) is 11.5 Å². The number of hydrogen-bond donors (Lipinski definition) is 5. The number of phenolic OH excluding ortho intramolecular Hbond substituents is 2. The van der Waals surface area contributed by atoms with Crippen LogP contribution in [0, 0.1) is 5.92 Å². The van der Waals surface area contributed by atoms with E-state index in [9.17, 15) is 30.3 Å². The summed E-state index contributed by atoms with van der Waals surface area (Å²) in [4.78, 5) is 12.7. The van der Waals surface area contributed by atoms with Crippen molar-refractivity contribution < 1.29 is 39.8 Å². The van der Waals surface area contributed by atoms with Crippen LogP contribution in [0.3, 0.4) is 0 Å². The normalized spacial score (nSPS) is 23.8.